The lowest BCUT2D eigenvalue weighted by Crippen LogP contribution is -2.57. The third-order valence-corrected chi connectivity index (χ3v) is 9.40. The van der Waals surface area contributed by atoms with Crippen LogP contribution in [0.25, 0.3) is 0 Å². The molecule has 0 aliphatic carbocycles. The molecule has 2 aromatic rings. The molecule has 0 aromatic heterocycles. The Morgan fingerprint density at radius 3 is 2.39 bits per heavy atom. The Labute approximate surface area is 253 Å². The lowest BCUT2D eigenvalue weighted by Gasteiger charge is -2.37. The number of aliphatic hydroxyl groups excluding tert-OH is 1. The molecule has 0 radical (unpaired) electrons. The summed E-state index contributed by atoms with van der Waals surface area (Å²) in [6.07, 6.45) is 3.30. The van der Waals surface area contributed by atoms with E-state index in [1.165, 1.54) is 9.80 Å². The van der Waals surface area contributed by atoms with E-state index in [1.807, 2.05) is 30.3 Å². The third kappa shape index (κ3) is 4.92. The number of hydrogen-bond acceptors (Lipinski definition) is 5. The molecule has 3 saturated heterocycles. The number of para-hydroxylation sites is 2. The number of amides is 3. The lowest BCUT2D eigenvalue weighted by molar-refractivity contribution is -0.140. The highest BCUT2D eigenvalue weighted by molar-refractivity contribution is 9.09. The van der Waals surface area contributed by atoms with Gasteiger partial charge in [0.2, 0.25) is 11.8 Å². The van der Waals surface area contributed by atoms with Gasteiger partial charge >= 0.3 is 0 Å². The fourth-order valence-corrected chi connectivity index (χ4v) is 7.85. The second kappa shape index (κ2) is 12.1. The zero-order chi connectivity index (χ0) is 29.3. The van der Waals surface area contributed by atoms with Crippen molar-refractivity contribution in [1.29, 1.82) is 0 Å². The number of alkyl halides is 1. The number of rotatable bonds is 11. The second-order valence-corrected chi connectivity index (χ2v) is 12.1. The largest absolute Gasteiger partial charge is 0.396 e. The summed E-state index contributed by atoms with van der Waals surface area (Å²) in [5.41, 5.74) is -0.0586. The van der Waals surface area contributed by atoms with Crippen LogP contribution in [0, 0.1) is 11.8 Å². The third-order valence-electron chi connectivity index (χ3n) is 8.23. The zero-order valence-corrected chi connectivity index (χ0v) is 24.9. The molecule has 41 heavy (non-hydrogen) atoms. The van der Waals surface area contributed by atoms with Crippen molar-refractivity contribution in [3.05, 3.63) is 84.9 Å². The molecule has 2 bridgehead atoms. The number of fused-ring (bicyclic) bond motifs is 1. The van der Waals surface area contributed by atoms with Gasteiger partial charge in [-0.05, 0) is 37.1 Å². The summed E-state index contributed by atoms with van der Waals surface area (Å²) in [6.45, 7) is 8.06. The van der Waals surface area contributed by atoms with Crippen LogP contribution in [0.4, 0.5) is 11.4 Å². The molecular formula is C31H33BrClN3O5. The smallest absolute Gasteiger partial charge is 0.253 e. The minimum absolute atomic E-state index is 0.144. The molecule has 0 saturated carbocycles. The van der Waals surface area contributed by atoms with Crippen LogP contribution in [-0.2, 0) is 19.1 Å². The van der Waals surface area contributed by atoms with Gasteiger partial charge in [0.25, 0.3) is 5.91 Å². The molecule has 3 unspecified atom stereocenters. The van der Waals surface area contributed by atoms with Crippen LogP contribution >= 0.6 is 27.5 Å². The van der Waals surface area contributed by atoms with Crippen LogP contribution in [0.1, 0.15) is 12.8 Å². The van der Waals surface area contributed by atoms with Gasteiger partial charge in [0.1, 0.15) is 11.6 Å². The van der Waals surface area contributed by atoms with E-state index < -0.39 is 29.6 Å². The van der Waals surface area contributed by atoms with Crippen molar-refractivity contribution in [2.24, 2.45) is 11.8 Å². The predicted octanol–water partition coefficient (Wildman–Crippen LogP) is 4.21. The summed E-state index contributed by atoms with van der Waals surface area (Å²) in [7, 11) is 0. The fourth-order valence-electron chi connectivity index (χ4n) is 6.67. The highest BCUT2D eigenvalue weighted by Gasteiger charge is 2.77. The molecule has 2 aromatic carbocycles. The van der Waals surface area contributed by atoms with Crippen LogP contribution in [0.5, 0.6) is 0 Å². The second-order valence-electron chi connectivity index (χ2n) is 10.5. The van der Waals surface area contributed by atoms with E-state index in [0.29, 0.717) is 22.8 Å². The van der Waals surface area contributed by atoms with E-state index in [4.69, 9.17) is 16.3 Å². The van der Waals surface area contributed by atoms with Crippen molar-refractivity contribution in [1.82, 2.24) is 4.90 Å². The molecule has 8 nitrogen and oxygen atoms in total. The van der Waals surface area contributed by atoms with Crippen molar-refractivity contribution >= 4 is 56.6 Å². The summed E-state index contributed by atoms with van der Waals surface area (Å²) in [6, 6.07) is 15.2. The van der Waals surface area contributed by atoms with E-state index in [0.717, 1.165) is 0 Å². The van der Waals surface area contributed by atoms with E-state index >= 15 is 0 Å². The Kier molecular flexibility index (Phi) is 8.70. The van der Waals surface area contributed by atoms with Crippen molar-refractivity contribution < 1.29 is 24.2 Å². The topological polar surface area (TPSA) is 90.4 Å². The van der Waals surface area contributed by atoms with Crippen LogP contribution in [-0.4, -0.2) is 76.5 Å². The minimum atomic E-state index is -1.24. The number of carbonyl (C=O) groups is 3. The van der Waals surface area contributed by atoms with Crippen LogP contribution in [0.3, 0.4) is 0 Å². The molecular weight excluding hydrogens is 610 g/mol. The maximum absolute atomic E-state index is 14.5. The Bertz CT molecular complexity index is 1340. The fraction of sp³-hybridized carbons (Fsp3) is 0.387. The van der Waals surface area contributed by atoms with Crippen molar-refractivity contribution in [3.63, 3.8) is 0 Å². The normalized spacial score (nSPS) is 27.9. The molecule has 216 valence electrons. The van der Waals surface area contributed by atoms with Gasteiger partial charge in [-0.3, -0.25) is 14.4 Å². The molecule has 3 aliphatic heterocycles. The molecule has 10 heteroatoms. The zero-order valence-electron chi connectivity index (χ0n) is 22.6. The van der Waals surface area contributed by atoms with Crippen molar-refractivity contribution in [2.75, 3.05) is 36.0 Å². The molecule has 3 amide bonds. The molecule has 6 atom stereocenters. The van der Waals surface area contributed by atoms with Crippen LogP contribution < -0.4 is 9.80 Å². The minimum Gasteiger partial charge on any atom is -0.396 e. The lowest BCUT2D eigenvalue weighted by atomic mass is 9.70. The Balaban J connectivity index is 1.59. The Hall–Kier alpha value is -2.98. The van der Waals surface area contributed by atoms with Gasteiger partial charge in [-0.25, -0.2) is 0 Å². The number of hydrogen-bond donors (Lipinski definition) is 1. The van der Waals surface area contributed by atoms with Gasteiger partial charge in [0.05, 0.1) is 28.6 Å². The molecule has 3 fully saturated rings. The van der Waals surface area contributed by atoms with E-state index in [9.17, 15) is 19.5 Å². The standard InChI is InChI=1S/C31H33BrClN3O5/c1-3-15-34(20-11-6-5-7-12-20)28(38)24-25-29(39)36(17-10-18-37)27(31(25)19-21(32)26(24)41-31)30(40)35(16-4-2)23-14-9-8-13-22(23)33/h3-9,11-14,21,24-27,37H,1-2,10,15-19H2/t21?,24-,25-,26-,27?,31?/m0/s1. The number of likely N-dealkylation sites (tertiary alicyclic amines) is 1. The van der Waals surface area contributed by atoms with Crippen LogP contribution in [0.15, 0.2) is 79.9 Å². The van der Waals surface area contributed by atoms with Crippen molar-refractivity contribution in [2.45, 2.75) is 35.4 Å². The van der Waals surface area contributed by atoms with E-state index in [2.05, 4.69) is 29.1 Å². The summed E-state index contributed by atoms with van der Waals surface area (Å²) < 4.78 is 6.65. The average Bonchev–Trinajstić information content (AvgIpc) is 3.57. The molecule has 5 rings (SSSR count). The summed E-state index contributed by atoms with van der Waals surface area (Å²) in [5.74, 6) is -2.62. The Morgan fingerprint density at radius 1 is 1.07 bits per heavy atom. The first-order valence-electron chi connectivity index (χ1n) is 13.7. The summed E-state index contributed by atoms with van der Waals surface area (Å²) in [4.78, 5) is 47.5. The van der Waals surface area contributed by atoms with E-state index in [-0.39, 0.29) is 55.2 Å². The van der Waals surface area contributed by atoms with Gasteiger partial charge in [-0.1, -0.05) is 70.0 Å². The molecule has 1 N–H and O–H groups in total. The first-order valence-corrected chi connectivity index (χ1v) is 15.0. The number of halogens is 2. The van der Waals surface area contributed by atoms with Crippen LogP contribution in [0.2, 0.25) is 5.02 Å². The molecule has 3 aliphatic rings. The first-order chi connectivity index (χ1) is 19.8. The number of nitrogens with zero attached hydrogens (tertiary/aromatic N) is 3. The number of aliphatic hydroxyl groups is 1. The highest BCUT2D eigenvalue weighted by Crippen LogP contribution is 2.60. The van der Waals surface area contributed by atoms with Gasteiger partial charge < -0.3 is 24.5 Å². The number of benzene rings is 2. The van der Waals surface area contributed by atoms with Gasteiger partial charge in [-0.2, -0.15) is 0 Å². The van der Waals surface area contributed by atoms with Crippen molar-refractivity contribution in [3.8, 4) is 0 Å². The summed E-state index contributed by atoms with van der Waals surface area (Å²) >= 11 is 10.2. The first kappa shape index (κ1) is 29.5. The number of ether oxygens (including phenoxy) is 1. The highest BCUT2D eigenvalue weighted by atomic mass is 79.9. The average molecular weight is 643 g/mol. The maximum Gasteiger partial charge on any atom is 0.253 e. The van der Waals surface area contributed by atoms with Gasteiger partial charge in [0.15, 0.2) is 0 Å². The molecule has 1 spiro atoms. The number of carbonyl (C=O) groups excluding carboxylic acids is 3. The SMILES string of the molecule is C=CCN(C(=O)[C@H]1[C@H]2C(=O)N(CCCO)C(C(=O)N(CC=C)c3ccccc3Cl)C23CC(Br)[C@@H]1O3)c1ccccc1. The van der Waals surface area contributed by atoms with Gasteiger partial charge in [0, 0.05) is 36.8 Å². The van der Waals surface area contributed by atoms with E-state index in [1.54, 1.807) is 41.3 Å². The number of anilines is 2. The quantitative estimate of drug-likeness (QED) is 0.293. The Morgan fingerprint density at radius 2 is 1.73 bits per heavy atom. The molecule has 3 heterocycles. The summed E-state index contributed by atoms with van der Waals surface area (Å²) in [5, 5.41) is 10.0. The van der Waals surface area contributed by atoms with Gasteiger partial charge in [-0.15, -0.1) is 13.2 Å². The predicted molar refractivity (Wildman–Crippen MR) is 162 cm³/mol. The maximum atomic E-state index is 14.5. The monoisotopic (exact) mass is 641 g/mol.